The van der Waals surface area contributed by atoms with E-state index in [-0.39, 0.29) is 19.6 Å². The number of nitrogens with zero attached hydrogens (tertiary/aromatic N) is 2. The Morgan fingerprint density at radius 2 is 1.95 bits per heavy atom. The lowest BCUT2D eigenvalue weighted by Gasteiger charge is -2.40. The van der Waals surface area contributed by atoms with Crippen molar-refractivity contribution in [2.24, 2.45) is 0 Å². The molecular weight excluding hydrogens is 274 g/mol. The van der Waals surface area contributed by atoms with Crippen molar-refractivity contribution in [3.63, 3.8) is 0 Å². The zero-order valence-electron chi connectivity index (χ0n) is 11.8. The van der Waals surface area contributed by atoms with E-state index in [0.29, 0.717) is 0 Å². The van der Waals surface area contributed by atoms with Gasteiger partial charge in [-0.3, -0.25) is 9.69 Å². The van der Waals surface area contributed by atoms with Crippen molar-refractivity contribution in [2.45, 2.75) is 38.8 Å². The molecule has 20 heavy (non-hydrogen) atoms. The van der Waals surface area contributed by atoms with Gasteiger partial charge in [-0.1, -0.05) is 0 Å². The van der Waals surface area contributed by atoms with Gasteiger partial charge in [0.1, 0.15) is 5.60 Å². The highest BCUT2D eigenvalue weighted by Crippen LogP contribution is 2.18. The maximum Gasteiger partial charge on any atom is 0.410 e. The Hall–Kier alpha value is -1.44. The molecule has 1 fully saturated rings. The molecule has 0 radical (unpaired) electrons. The lowest BCUT2D eigenvalue weighted by atomic mass is 10.1. The standard InChI is InChI=1S/C12H20F2N2O4/c1-12(2,3)20-11(19)16-5-4-15(7-9(17)18)8(6-16)10(13)14/h8,10H,4-7H2,1-3H3,(H,17,18). The number of hydrogen-bond donors (Lipinski definition) is 1. The van der Waals surface area contributed by atoms with Crippen molar-refractivity contribution in [3.8, 4) is 0 Å². The minimum Gasteiger partial charge on any atom is -0.480 e. The first-order valence-electron chi connectivity index (χ1n) is 6.32. The third kappa shape index (κ3) is 4.92. The Kier molecular flexibility index (Phi) is 5.27. The van der Waals surface area contributed by atoms with E-state index in [1.54, 1.807) is 20.8 Å². The number of halogens is 2. The van der Waals surface area contributed by atoms with E-state index in [2.05, 4.69) is 0 Å². The maximum atomic E-state index is 13.0. The molecule has 0 aromatic heterocycles. The Labute approximate surface area is 116 Å². The number of piperazine rings is 1. The number of amides is 1. The zero-order valence-corrected chi connectivity index (χ0v) is 11.8. The molecule has 8 heteroatoms. The minimum absolute atomic E-state index is 0.0839. The number of alkyl halides is 2. The van der Waals surface area contributed by atoms with Gasteiger partial charge >= 0.3 is 12.1 Å². The second kappa shape index (κ2) is 6.34. The third-order valence-electron chi connectivity index (χ3n) is 2.81. The molecule has 1 aliphatic rings. The number of carboxylic acid groups (broad SMARTS) is 1. The van der Waals surface area contributed by atoms with Crippen molar-refractivity contribution in [3.05, 3.63) is 0 Å². The molecule has 1 heterocycles. The number of rotatable bonds is 3. The van der Waals surface area contributed by atoms with Crippen LogP contribution in [0.15, 0.2) is 0 Å². The molecule has 0 spiro atoms. The molecule has 0 bridgehead atoms. The monoisotopic (exact) mass is 294 g/mol. The van der Waals surface area contributed by atoms with Crippen molar-refractivity contribution >= 4 is 12.1 Å². The molecular formula is C12H20F2N2O4. The van der Waals surface area contributed by atoms with Crippen LogP contribution >= 0.6 is 0 Å². The predicted molar refractivity (Wildman–Crippen MR) is 66.8 cm³/mol. The highest BCUT2D eigenvalue weighted by atomic mass is 19.3. The van der Waals surface area contributed by atoms with Crippen LogP contribution in [0, 0.1) is 0 Å². The molecule has 1 rings (SSSR count). The van der Waals surface area contributed by atoms with Crippen LogP contribution in [0.1, 0.15) is 20.8 Å². The van der Waals surface area contributed by atoms with Gasteiger partial charge in [0.25, 0.3) is 6.43 Å². The summed E-state index contributed by atoms with van der Waals surface area (Å²) in [6, 6.07) is -1.28. The second-order valence-corrected chi connectivity index (χ2v) is 5.69. The van der Waals surface area contributed by atoms with E-state index >= 15 is 0 Å². The summed E-state index contributed by atoms with van der Waals surface area (Å²) in [7, 11) is 0. The van der Waals surface area contributed by atoms with Crippen LogP contribution in [-0.4, -0.2) is 71.2 Å². The molecule has 0 saturated carbocycles. The number of carbonyl (C=O) groups is 2. The van der Waals surface area contributed by atoms with E-state index < -0.39 is 36.7 Å². The number of carbonyl (C=O) groups excluding carboxylic acids is 1. The minimum atomic E-state index is -2.72. The van der Waals surface area contributed by atoms with Gasteiger partial charge in [-0.25, -0.2) is 13.6 Å². The summed E-state index contributed by atoms with van der Waals surface area (Å²) in [6.45, 7) is 4.63. The summed E-state index contributed by atoms with van der Waals surface area (Å²) in [5, 5.41) is 8.70. The average Bonchev–Trinajstić information content (AvgIpc) is 2.25. The van der Waals surface area contributed by atoms with Gasteiger partial charge in [0, 0.05) is 19.6 Å². The van der Waals surface area contributed by atoms with Crippen LogP contribution in [-0.2, 0) is 9.53 Å². The number of aliphatic carboxylic acids is 1. The first kappa shape index (κ1) is 16.6. The van der Waals surface area contributed by atoms with E-state index in [4.69, 9.17) is 9.84 Å². The second-order valence-electron chi connectivity index (χ2n) is 5.69. The molecule has 6 nitrogen and oxygen atoms in total. The van der Waals surface area contributed by atoms with Crippen LogP contribution in [0.25, 0.3) is 0 Å². The molecule has 1 atom stereocenters. The molecule has 1 aliphatic heterocycles. The van der Waals surface area contributed by atoms with E-state index in [9.17, 15) is 18.4 Å². The summed E-state index contributed by atoms with van der Waals surface area (Å²) >= 11 is 0. The molecule has 1 saturated heterocycles. The SMILES string of the molecule is CC(C)(C)OC(=O)N1CCN(CC(=O)O)C(C(F)F)C1. The summed E-state index contributed by atoms with van der Waals surface area (Å²) in [5.41, 5.74) is -0.699. The molecule has 0 aromatic carbocycles. The summed E-state index contributed by atoms with van der Waals surface area (Å²) in [6.07, 6.45) is -3.38. The van der Waals surface area contributed by atoms with Gasteiger partial charge < -0.3 is 14.7 Å². The van der Waals surface area contributed by atoms with E-state index in [1.165, 1.54) is 9.80 Å². The third-order valence-corrected chi connectivity index (χ3v) is 2.81. The number of carboxylic acids is 1. The molecule has 0 aromatic rings. The Bertz CT molecular complexity index is 371. The van der Waals surface area contributed by atoms with Crippen molar-refractivity contribution in [2.75, 3.05) is 26.2 Å². The smallest absolute Gasteiger partial charge is 0.410 e. The average molecular weight is 294 g/mol. The Morgan fingerprint density at radius 1 is 1.35 bits per heavy atom. The van der Waals surface area contributed by atoms with Crippen molar-refractivity contribution < 1.29 is 28.2 Å². The Morgan fingerprint density at radius 3 is 2.40 bits per heavy atom. The van der Waals surface area contributed by atoms with Crippen molar-refractivity contribution in [1.82, 2.24) is 9.80 Å². The molecule has 116 valence electrons. The van der Waals surface area contributed by atoms with Crippen LogP contribution in [0.3, 0.4) is 0 Å². The summed E-state index contributed by atoms with van der Waals surface area (Å²) < 4.78 is 31.1. The van der Waals surface area contributed by atoms with Gasteiger partial charge in [-0.2, -0.15) is 0 Å². The van der Waals surface area contributed by atoms with Crippen LogP contribution in [0.2, 0.25) is 0 Å². The fraction of sp³-hybridized carbons (Fsp3) is 0.833. The quantitative estimate of drug-likeness (QED) is 0.848. The van der Waals surface area contributed by atoms with Crippen molar-refractivity contribution in [1.29, 1.82) is 0 Å². The zero-order chi connectivity index (χ0) is 15.5. The topological polar surface area (TPSA) is 70.1 Å². The van der Waals surface area contributed by atoms with Gasteiger partial charge in [0.2, 0.25) is 0 Å². The first-order valence-corrected chi connectivity index (χ1v) is 6.32. The number of ether oxygens (including phenoxy) is 1. The van der Waals surface area contributed by atoms with Crippen LogP contribution in [0.5, 0.6) is 0 Å². The maximum absolute atomic E-state index is 13.0. The molecule has 1 N–H and O–H groups in total. The lowest BCUT2D eigenvalue weighted by Crippen LogP contribution is -2.58. The van der Waals surface area contributed by atoms with Crippen LogP contribution in [0.4, 0.5) is 13.6 Å². The van der Waals surface area contributed by atoms with Gasteiger partial charge in [-0.05, 0) is 20.8 Å². The molecule has 1 unspecified atom stereocenters. The lowest BCUT2D eigenvalue weighted by molar-refractivity contribution is -0.140. The summed E-state index contributed by atoms with van der Waals surface area (Å²) in [4.78, 5) is 24.9. The normalized spacial score (nSPS) is 21.1. The highest BCUT2D eigenvalue weighted by molar-refractivity contribution is 5.70. The van der Waals surface area contributed by atoms with Crippen LogP contribution < -0.4 is 0 Å². The van der Waals surface area contributed by atoms with Gasteiger partial charge in [0.15, 0.2) is 0 Å². The van der Waals surface area contributed by atoms with E-state index in [1.807, 2.05) is 0 Å². The molecule has 0 aliphatic carbocycles. The predicted octanol–water partition coefficient (Wildman–Crippen LogP) is 1.26. The summed E-state index contributed by atoms with van der Waals surface area (Å²) in [5.74, 6) is -1.17. The highest BCUT2D eigenvalue weighted by Gasteiger charge is 2.37. The fourth-order valence-electron chi connectivity index (χ4n) is 1.95. The van der Waals surface area contributed by atoms with E-state index in [0.717, 1.165) is 0 Å². The largest absolute Gasteiger partial charge is 0.480 e. The Balaban J connectivity index is 2.68. The number of hydrogen-bond acceptors (Lipinski definition) is 4. The molecule has 1 amide bonds. The fourth-order valence-corrected chi connectivity index (χ4v) is 1.95. The van der Waals surface area contributed by atoms with Gasteiger partial charge in [0.05, 0.1) is 12.6 Å². The van der Waals surface area contributed by atoms with Gasteiger partial charge in [-0.15, -0.1) is 0 Å². The first-order chi connectivity index (χ1) is 9.10.